The van der Waals surface area contributed by atoms with Crippen LogP contribution >= 0.6 is 12.2 Å². The lowest BCUT2D eigenvalue weighted by atomic mass is 10.1. The van der Waals surface area contributed by atoms with E-state index in [0.29, 0.717) is 17.7 Å². The highest BCUT2D eigenvalue weighted by Gasteiger charge is 2.38. The Hall–Kier alpha value is -0.980. The second kappa shape index (κ2) is 4.85. The Labute approximate surface area is 119 Å². The van der Waals surface area contributed by atoms with Crippen LogP contribution in [0.3, 0.4) is 0 Å². The van der Waals surface area contributed by atoms with Gasteiger partial charge in [-0.1, -0.05) is 31.3 Å². The van der Waals surface area contributed by atoms with Gasteiger partial charge in [0.25, 0.3) is 0 Å². The number of hydrogen-bond acceptors (Lipinski definition) is 3. The first-order valence-corrected chi connectivity index (χ1v) is 8.03. The van der Waals surface area contributed by atoms with Crippen LogP contribution in [0.2, 0.25) is 0 Å². The van der Waals surface area contributed by atoms with E-state index in [1.807, 2.05) is 0 Å². The van der Waals surface area contributed by atoms with Crippen molar-refractivity contribution in [3.63, 3.8) is 0 Å². The molecule has 1 aliphatic rings. The Kier molecular flexibility index (Phi) is 3.68. The number of hydrogen-bond donors (Lipinski definition) is 2. The fourth-order valence-corrected chi connectivity index (χ4v) is 3.38. The van der Waals surface area contributed by atoms with Crippen LogP contribution in [0.1, 0.15) is 30.9 Å². The highest BCUT2D eigenvalue weighted by molar-refractivity contribution is 7.89. The van der Waals surface area contributed by atoms with Crippen LogP contribution in [0, 0.1) is 12.3 Å². The van der Waals surface area contributed by atoms with Crippen LogP contribution in [0.5, 0.6) is 0 Å². The molecule has 1 aliphatic carbocycles. The average molecular weight is 298 g/mol. The first kappa shape index (κ1) is 14.4. The molecule has 1 aromatic rings. The predicted molar refractivity (Wildman–Crippen MR) is 79.6 cm³/mol. The summed E-state index contributed by atoms with van der Waals surface area (Å²) < 4.78 is 27.3. The maximum absolute atomic E-state index is 12.3. The van der Waals surface area contributed by atoms with Gasteiger partial charge in [-0.05, 0) is 36.8 Å². The topological polar surface area (TPSA) is 72.2 Å². The third-order valence-corrected chi connectivity index (χ3v) is 5.33. The summed E-state index contributed by atoms with van der Waals surface area (Å²) in [4.78, 5) is 0.452. The molecule has 0 spiro atoms. The van der Waals surface area contributed by atoms with Gasteiger partial charge in [-0.3, -0.25) is 0 Å². The second-order valence-electron chi connectivity index (χ2n) is 5.48. The Bertz CT molecular complexity index is 620. The summed E-state index contributed by atoms with van der Waals surface area (Å²) in [5.41, 5.74) is 6.93. The molecule has 1 fully saturated rings. The Morgan fingerprint density at radius 2 is 2.11 bits per heavy atom. The van der Waals surface area contributed by atoms with Crippen LogP contribution < -0.4 is 10.5 Å². The van der Waals surface area contributed by atoms with Gasteiger partial charge in [0.2, 0.25) is 10.0 Å². The van der Waals surface area contributed by atoms with Crippen LogP contribution in [-0.4, -0.2) is 20.0 Å². The molecule has 19 heavy (non-hydrogen) atoms. The van der Waals surface area contributed by atoms with Crippen molar-refractivity contribution in [3.05, 3.63) is 29.3 Å². The summed E-state index contributed by atoms with van der Waals surface area (Å²) in [6, 6.07) is 5.00. The molecule has 0 aromatic heterocycles. The zero-order chi connectivity index (χ0) is 14.3. The minimum absolute atomic E-state index is 0.127. The van der Waals surface area contributed by atoms with E-state index < -0.39 is 10.0 Å². The average Bonchev–Trinajstić information content (AvgIpc) is 3.06. The van der Waals surface area contributed by atoms with E-state index in [9.17, 15) is 8.42 Å². The Morgan fingerprint density at radius 1 is 1.47 bits per heavy atom. The molecule has 3 N–H and O–H groups in total. The lowest BCUT2D eigenvalue weighted by molar-refractivity contribution is 0.530. The fourth-order valence-electron chi connectivity index (χ4n) is 1.78. The van der Waals surface area contributed by atoms with Gasteiger partial charge in [0.1, 0.15) is 4.99 Å². The summed E-state index contributed by atoms with van der Waals surface area (Å²) in [6.45, 7) is 4.32. The van der Waals surface area contributed by atoms with Crippen molar-refractivity contribution in [2.24, 2.45) is 11.1 Å². The summed E-state index contributed by atoms with van der Waals surface area (Å²) in [7, 11) is -3.51. The molecule has 0 unspecified atom stereocenters. The predicted octanol–water partition coefficient (Wildman–Crippen LogP) is 1.71. The van der Waals surface area contributed by atoms with Crippen LogP contribution in [-0.2, 0) is 10.0 Å². The van der Waals surface area contributed by atoms with Crippen molar-refractivity contribution >= 4 is 27.2 Å². The second-order valence-corrected chi connectivity index (χ2v) is 7.65. The van der Waals surface area contributed by atoms with Crippen molar-refractivity contribution in [2.45, 2.75) is 31.6 Å². The fraction of sp³-hybridized carbons (Fsp3) is 0.462. The molecule has 4 nitrogen and oxygen atoms in total. The van der Waals surface area contributed by atoms with E-state index in [1.54, 1.807) is 19.1 Å². The molecule has 0 bridgehead atoms. The molecular formula is C13H18N2O2S2. The first-order chi connectivity index (χ1) is 8.73. The first-order valence-electron chi connectivity index (χ1n) is 6.14. The minimum atomic E-state index is -3.51. The number of benzene rings is 1. The maximum atomic E-state index is 12.3. The van der Waals surface area contributed by atoms with Crippen molar-refractivity contribution in [1.82, 2.24) is 4.72 Å². The highest BCUT2D eigenvalue weighted by Crippen LogP contribution is 2.44. The number of nitrogens with two attached hydrogens (primary N) is 1. The molecule has 0 radical (unpaired) electrons. The van der Waals surface area contributed by atoms with Gasteiger partial charge < -0.3 is 5.73 Å². The molecule has 6 heteroatoms. The molecule has 0 aliphatic heterocycles. The molecule has 0 heterocycles. The summed E-state index contributed by atoms with van der Waals surface area (Å²) >= 11 is 4.88. The van der Waals surface area contributed by atoms with Gasteiger partial charge in [-0.25, -0.2) is 13.1 Å². The zero-order valence-electron chi connectivity index (χ0n) is 11.1. The summed E-state index contributed by atoms with van der Waals surface area (Å²) in [6.07, 6.45) is 2.14. The molecule has 2 rings (SSSR count). The molecule has 1 saturated carbocycles. The van der Waals surface area contributed by atoms with Crippen molar-refractivity contribution in [3.8, 4) is 0 Å². The maximum Gasteiger partial charge on any atom is 0.240 e. The standard InChI is InChI=1S/C13H18N2O2S2/c1-9-3-4-10(12(14)18)7-11(9)19(16,17)15-8-13(2)5-6-13/h3-4,7,15H,5-6,8H2,1-2H3,(H2,14,18). The molecule has 0 amide bonds. The highest BCUT2D eigenvalue weighted by atomic mass is 32.2. The largest absolute Gasteiger partial charge is 0.389 e. The van der Waals surface area contributed by atoms with E-state index in [1.165, 1.54) is 6.07 Å². The van der Waals surface area contributed by atoms with E-state index in [0.717, 1.165) is 12.8 Å². The van der Waals surface area contributed by atoms with Gasteiger partial charge >= 0.3 is 0 Å². The number of aryl methyl sites for hydroxylation is 1. The molecule has 0 saturated heterocycles. The van der Waals surface area contributed by atoms with E-state index in [2.05, 4.69) is 11.6 Å². The number of rotatable bonds is 5. The Balaban J connectivity index is 2.28. The van der Waals surface area contributed by atoms with Gasteiger partial charge in [0.15, 0.2) is 0 Å². The monoisotopic (exact) mass is 298 g/mol. The van der Waals surface area contributed by atoms with Crippen molar-refractivity contribution < 1.29 is 8.42 Å². The van der Waals surface area contributed by atoms with Crippen LogP contribution in [0.25, 0.3) is 0 Å². The third-order valence-electron chi connectivity index (χ3n) is 3.55. The van der Waals surface area contributed by atoms with Crippen molar-refractivity contribution in [1.29, 1.82) is 0 Å². The smallest absolute Gasteiger partial charge is 0.240 e. The molecule has 104 valence electrons. The van der Waals surface area contributed by atoms with Crippen LogP contribution in [0.4, 0.5) is 0 Å². The summed E-state index contributed by atoms with van der Waals surface area (Å²) in [5.74, 6) is 0. The summed E-state index contributed by atoms with van der Waals surface area (Å²) in [5, 5.41) is 0. The zero-order valence-corrected chi connectivity index (χ0v) is 12.7. The van der Waals surface area contributed by atoms with E-state index in [-0.39, 0.29) is 15.3 Å². The quantitative estimate of drug-likeness (QED) is 0.812. The normalized spacial score (nSPS) is 17.2. The SMILES string of the molecule is Cc1ccc(C(N)=S)cc1S(=O)(=O)NCC1(C)CC1. The number of sulfonamides is 1. The van der Waals surface area contributed by atoms with Gasteiger partial charge in [0.05, 0.1) is 4.90 Å². The minimum Gasteiger partial charge on any atom is -0.389 e. The van der Waals surface area contributed by atoms with Gasteiger partial charge in [0, 0.05) is 12.1 Å². The van der Waals surface area contributed by atoms with Gasteiger partial charge in [-0.2, -0.15) is 0 Å². The lowest BCUT2D eigenvalue weighted by Crippen LogP contribution is -2.30. The molecule has 1 aromatic carbocycles. The van der Waals surface area contributed by atoms with E-state index in [4.69, 9.17) is 18.0 Å². The third kappa shape index (κ3) is 3.32. The van der Waals surface area contributed by atoms with E-state index >= 15 is 0 Å². The molecular weight excluding hydrogens is 280 g/mol. The Morgan fingerprint density at radius 3 is 2.63 bits per heavy atom. The van der Waals surface area contributed by atoms with Gasteiger partial charge in [-0.15, -0.1) is 0 Å². The van der Waals surface area contributed by atoms with Crippen LogP contribution in [0.15, 0.2) is 23.1 Å². The lowest BCUT2D eigenvalue weighted by Gasteiger charge is -2.13. The van der Waals surface area contributed by atoms with Crippen molar-refractivity contribution in [2.75, 3.05) is 6.54 Å². The number of nitrogens with one attached hydrogen (secondary N) is 1. The molecule has 0 atom stereocenters. The number of thiocarbonyl (C=S) groups is 1.